The van der Waals surface area contributed by atoms with Crippen LogP contribution in [0.4, 0.5) is 0 Å². The van der Waals surface area contributed by atoms with Crippen LogP contribution in [0, 0.1) is 0 Å². The third-order valence-corrected chi connectivity index (χ3v) is 3.30. The van der Waals surface area contributed by atoms with Crippen molar-refractivity contribution in [3.63, 3.8) is 0 Å². The van der Waals surface area contributed by atoms with Gasteiger partial charge in [-0.15, -0.1) is 0 Å². The molecule has 0 radical (unpaired) electrons. The Hall–Kier alpha value is -1.55. The van der Waals surface area contributed by atoms with E-state index in [1.807, 2.05) is 18.2 Å². The summed E-state index contributed by atoms with van der Waals surface area (Å²) in [5.41, 5.74) is 1.65. The molecule has 1 saturated heterocycles. The van der Waals surface area contributed by atoms with Gasteiger partial charge in [-0.1, -0.05) is 6.07 Å². The molecule has 90 valence electrons. The highest BCUT2D eigenvalue weighted by Gasteiger charge is 2.21. The normalized spacial score (nSPS) is 17.5. The van der Waals surface area contributed by atoms with Crippen molar-refractivity contribution in [3.05, 3.63) is 24.1 Å². The lowest BCUT2D eigenvalue weighted by atomic mass is 9.98. The Labute approximate surface area is 100.0 Å². The zero-order chi connectivity index (χ0) is 11.7. The summed E-state index contributed by atoms with van der Waals surface area (Å²) in [5.74, 6) is 2.05. The molecule has 0 aliphatic carbocycles. The molecular formula is C13H16N2O2. The van der Waals surface area contributed by atoms with E-state index in [2.05, 4.69) is 10.3 Å². The molecule has 2 heterocycles. The molecule has 1 aromatic carbocycles. The second-order valence-electron chi connectivity index (χ2n) is 4.38. The van der Waals surface area contributed by atoms with Gasteiger partial charge in [-0.2, -0.15) is 0 Å². The summed E-state index contributed by atoms with van der Waals surface area (Å²) in [6.45, 7) is 2.08. The minimum Gasteiger partial charge on any atom is -0.493 e. The average Bonchev–Trinajstić information content (AvgIpc) is 2.83. The lowest BCUT2D eigenvalue weighted by Crippen LogP contribution is -2.26. The van der Waals surface area contributed by atoms with Crippen molar-refractivity contribution in [2.24, 2.45) is 0 Å². The van der Waals surface area contributed by atoms with E-state index in [9.17, 15) is 0 Å². The Morgan fingerprint density at radius 3 is 2.94 bits per heavy atom. The van der Waals surface area contributed by atoms with E-state index in [0.29, 0.717) is 5.92 Å². The minimum absolute atomic E-state index is 0.438. The van der Waals surface area contributed by atoms with E-state index in [1.165, 1.54) is 0 Å². The molecule has 0 amide bonds. The maximum Gasteiger partial charge on any atom is 0.198 e. The Bertz CT molecular complexity index is 515. The Morgan fingerprint density at radius 2 is 2.18 bits per heavy atom. The van der Waals surface area contributed by atoms with E-state index in [4.69, 9.17) is 9.15 Å². The topological polar surface area (TPSA) is 47.3 Å². The number of fused-ring (bicyclic) bond motifs is 1. The number of piperidine rings is 1. The summed E-state index contributed by atoms with van der Waals surface area (Å²) in [4.78, 5) is 4.57. The summed E-state index contributed by atoms with van der Waals surface area (Å²) in [7, 11) is 1.65. The van der Waals surface area contributed by atoms with Gasteiger partial charge >= 0.3 is 0 Å². The Balaban J connectivity index is 2.00. The monoisotopic (exact) mass is 232 g/mol. The number of methoxy groups -OCH3 is 1. The van der Waals surface area contributed by atoms with Crippen LogP contribution in [0.5, 0.6) is 5.75 Å². The quantitative estimate of drug-likeness (QED) is 0.863. The summed E-state index contributed by atoms with van der Waals surface area (Å²) in [5, 5.41) is 3.35. The molecule has 1 aliphatic rings. The molecule has 4 heteroatoms. The molecule has 1 fully saturated rings. The third kappa shape index (κ3) is 1.89. The van der Waals surface area contributed by atoms with Crippen LogP contribution in [0.15, 0.2) is 22.6 Å². The van der Waals surface area contributed by atoms with Crippen LogP contribution in [0.3, 0.4) is 0 Å². The van der Waals surface area contributed by atoms with Gasteiger partial charge in [0.2, 0.25) is 0 Å². The van der Waals surface area contributed by atoms with Gasteiger partial charge in [-0.05, 0) is 38.1 Å². The van der Waals surface area contributed by atoms with E-state index in [0.717, 1.165) is 48.7 Å². The van der Waals surface area contributed by atoms with Crippen LogP contribution in [-0.4, -0.2) is 25.2 Å². The first-order valence-corrected chi connectivity index (χ1v) is 6.02. The first kappa shape index (κ1) is 10.6. The minimum atomic E-state index is 0.438. The fourth-order valence-corrected chi connectivity index (χ4v) is 2.35. The van der Waals surface area contributed by atoms with E-state index in [1.54, 1.807) is 7.11 Å². The molecule has 0 spiro atoms. The highest BCUT2D eigenvalue weighted by Crippen LogP contribution is 2.31. The molecule has 3 rings (SSSR count). The average molecular weight is 232 g/mol. The molecule has 0 atom stereocenters. The van der Waals surface area contributed by atoms with Crippen molar-refractivity contribution in [2.75, 3.05) is 20.2 Å². The van der Waals surface area contributed by atoms with E-state index < -0.39 is 0 Å². The Kier molecular flexibility index (Phi) is 2.73. The van der Waals surface area contributed by atoms with Crippen molar-refractivity contribution in [1.82, 2.24) is 10.3 Å². The first-order valence-electron chi connectivity index (χ1n) is 6.02. The summed E-state index contributed by atoms with van der Waals surface area (Å²) in [6, 6.07) is 5.81. The number of aromatic nitrogens is 1. The van der Waals surface area contributed by atoms with Crippen LogP contribution in [-0.2, 0) is 0 Å². The molecule has 1 aromatic heterocycles. The van der Waals surface area contributed by atoms with Crippen molar-refractivity contribution in [3.8, 4) is 5.75 Å². The molecule has 0 saturated carbocycles. The largest absolute Gasteiger partial charge is 0.493 e. The number of oxazole rings is 1. The molecular weight excluding hydrogens is 216 g/mol. The number of nitrogens with one attached hydrogen (secondary N) is 1. The second kappa shape index (κ2) is 4.37. The molecule has 17 heavy (non-hydrogen) atoms. The predicted molar refractivity (Wildman–Crippen MR) is 65.4 cm³/mol. The van der Waals surface area contributed by atoms with Crippen LogP contribution in [0.25, 0.3) is 11.1 Å². The molecule has 0 unspecified atom stereocenters. The van der Waals surface area contributed by atoms with Crippen molar-refractivity contribution in [2.45, 2.75) is 18.8 Å². The van der Waals surface area contributed by atoms with Crippen molar-refractivity contribution in [1.29, 1.82) is 0 Å². The number of hydrogen-bond donors (Lipinski definition) is 1. The molecule has 0 bridgehead atoms. The maximum atomic E-state index is 5.87. The molecule has 4 nitrogen and oxygen atoms in total. The smallest absolute Gasteiger partial charge is 0.198 e. The van der Waals surface area contributed by atoms with Gasteiger partial charge in [0.15, 0.2) is 17.2 Å². The van der Waals surface area contributed by atoms with Gasteiger partial charge in [0.05, 0.1) is 7.11 Å². The lowest BCUT2D eigenvalue weighted by Gasteiger charge is -2.19. The van der Waals surface area contributed by atoms with Crippen LogP contribution in [0.2, 0.25) is 0 Å². The molecule has 1 aliphatic heterocycles. The van der Waals surface area contributed by atoms with E-state index >= 15 is 0 Å². The number of nitrogens with zero attached hydrogens (tertiary/aromatic N) is 1. The van der Waals surface area contributed by atoms with E-state index in [-0.39, 0.29) is 0 Å². The lowest BCUT2D eigenvalue weighted by molar-refractivity contribution is 0.374. The van der Waals surface area contributed by atoms with Crippen LogP contribution in [0.1, 0.15) is 24.7 Å². The summed E-state index contributed by atoms with van der Waals surface area (Å²) >= 11 is 0. The van der Waals surface area contributed by atoms with Gasteiger partial charge in [0.25, 0.3) is 0 Å². The SMILES string of the molecule is COc1cccc2nc(C3CCNCC3)oc12. The van der Waals surface area contributed by atoms with Gasteiger partial charge in [-0.3, -0.25) is 0 Å². The summed E-state index contributed by atoms with van der Waals surface area (Å²) in [6.07, 6.45) is 2.18. The van der Waals surface area contributed by atoms with Gasteiger partial charge in [-0.25, -0.2) is 4.98 Å². The predicted octanol–water partition coefficient (Wildman–Crippen LogP) is 2.30. The fraction of sp³-hybridized carbons (Fsp3) is 0.462. The Morgan fingerprint density at radius 1 is 1.35 bits per heavy atom. The number of para-hydroxylation sites is 1. The highest BCUT2D eigenvalue weighted by molar-refractivity contribution is 5.79. The van der Waals surface area contributed by atoms with Crippen molar-refractivity contribution >= 4 is 11.1 Å². The third-order valence-electron chi connectivity index (χ3n) is 3.30. The number of benzene rings is 1. The van der Waals surface area contributed by atoms with Gasteiger partial charge in [0, 0.05) is 5.92 Å². The zero-order valence-electron chi connectivity index (χ0n) is 9.90. The van der Waals surface area contributed by atoms with Crippen LogP contribution >= 0.6 is 0 Å². The first-order chi connectivity index (χ1) is 8.38. The molecule has 1 N–H and O–H groups in total. The van der Waals surface area contributed by atoms with Crippen molar-refractivity contribution < 1.29 is 9.15 Å². The zero-order valence-corrected chi connectivity index (χ0v) is 9.90. The van der Waals surface area contributed by atoms with Crippen LogP contribution < -0.4 is 10.1 Å². The number of hydrogen-bond acceptors (Lipinski definition) is 4. The fourth-order valence-electron chi connectivity index (χ4n) is 2.35. The molecule has 2 aromatic rings. The maximum absolute atomic E-state index is 5.87. The highest BCUT2D eigenvalue weighted by atomic mass is 16.5. The van der Waals surface area contributed by atoms with Gasteiger partial charge < -0.3 is 14.5 Å². The van der Waals surface area contributed by atoms with Gasteiger partial charge in [0.1, 0.15) is 5.52 Å². The second-order valence-corrected chi connectivity index (χ2v) is 4.38. The number of rotatable bonds is 2. The number of ether oxygens (including phenoxy) is 1. The summed E-state index contributed by atoms with van der Waals surface area (Å²) < 4.78 is 11.1. The standard InChI is InChI=1S/C13H16N2O2/c1-16-11-4-2-3-10-12(11)17-13(15-10)9-5-7-14-8-6-9/h2-4,9,14H,5-8H2,1H3.